The molecular weight excluding hydrogens is 370 g/mol. The molecule has 1 N–H and O–H groups in total. The monoisotopic (exact) mass is 389 g/mol. The van der Waals surface area contributed by atoms with Crippen molar-refractivity contribution >= 4 is 16.8 Å². The van der Waals surface area contributed by atoms with Crippen molar-refractivity contribution in [3.8, 4) is 28.4 Å². The van der Waals surface area contributed by atoms with Gasteiger partial charge in [0.25, 0.3) is 0 Å². The number of aromatic nitrogens is 4. The number of amides is 1. The van der Waals surface area contributed by atoms with Crippen molar-refractivity contribution in [1.82, 2.24) is 24.6 Å². The SMILES string of the molecule is CN(C)C(=O)Cn1cc(-c2ccc(Oc3ccnc4c(O)cncc34)cc2)cn1. The minimum Gasteiger partial charge on any atom is -0.504 e. The molecule has 0 aliphatic carbocycles. The standard InChI is InChI=1S/C21H19N5O3/c1-25(2)20(28)13-26-12-15(9-24-26)14-3-5-16(6-4-14)29-19-7-8-23-21-17(19)10-22-11-18(21)27/h3-12,27H,13H2,1-2H3. The predicted octanol–water partition coefficient (Wildman–Crippen LogP) is 3.08. The Morgan fingerprint density at radius 1 is 1.10 bits per heavy atom. The topological polar surface area (TPSA) is 93.4 Å². The molecule has 0 unspecified atom stereocenters. The number of aromatic hydroxyl groups is 1. The maximum absolute atomic E-state index is 11.8. The quantitative estimate of drug-likeness (QED) is 0.564. The average molecular weight is 389 g/mol. The first-order valence-corrected chi connectivity index (χ1v) is 8.94. The zero-order valence-corrected chi connectivity index (χ0v) is 16.0. The summed E-state index contributed by atoms with van der Waals surface area (Å²) in [5.74, 6) is 1.18. The number of hydrogen-bond donors (Lipinski definition) is 1. The van der Waals surface area contributed by atoms with Crippen molar-refractivity contribution in [2.45, 2.75) is 6.54 Å². The van der Waals surface area contributed by atoms with Crippen molar-refractivity contribution < 1.29 is 14.6 Å². The number of carbonyl (C=O) groups is 1. The molecule has 0 saturated heterocycles. The third kappa shape index (κ3) is 3.86. The second kappa shape index (κ2) is 7.59. The van der Waals surface area contributed by atoms with Crippen LogP contribution in [0.2, 0.25) is 0 Å². The van der Waals surface area contributed by atoms with Gasteiger partial charge in [-0.2, -0.15) is 5.10 Å². The average Bonchev–Trinajstić information content (AvgIpc) is 3.18. The van der Waals surface area contributed by atoms with E-state index in [1.54, 1.807) is 43.4 Å². The molecule has 3 aromatic heterocycles. The first-order valence-electron chi connectivity index (χ1n) is 8.94. The molecule has 146 valence electrons. The van der Waals surface area contributed by atoms with Crippen molar-refractivity contribution in [1.29, 1.82) is 0 Å². The Morgan fingerprint density at radius 3 is 2.66 bits per heavy atom. The first-order chi connectivity index (χ1) is 14.0. The van der Waals surface area contributed by atoms with E-state index in [9.17, 15) is 9.90 Å². The highest BCUT2D eigenvalue weighted by Crippen LogP contribution is 2.32. The Labute approximate surface area is 167 Å². The molecule has 1 amide bonds. The summed E-state index contributed by atoms with van der Waals surface area (Å²) in [6.45, 7) is 0.199. The summed E-state index contributed by atoms with van der Waals surface area (Å²) in [5.41, 5.74) is 2.31. The second-order valence-electron chi connectivity index (χ2n) is 6.71. The summed E-state index contributed by atoms with van der Waals surface area (Å²) in [4.78, 5) is 21.5. The van der Waals surface area contributed by atoms with Crippen LogP contribution in [0.15, 0.2) is 61.3 Å². The highest BCUT2D eigenvalue weighted by atomic mass is 16.5. The van der Waals surface area contributed by atoms with Crippen LogP contribution in [0.1, 0.15) is 0 Å². The van der Waals surface area contributed by atoms with Gasteiger partial charge in [-0.25, -0.2) is 0 Å². The minimum absolute atomic E-state index is 0.00746. The number of hydrogen-bond acceptors (Lipinski definition) is 6. The van der Waals surface area contributed by atoms with Crippen LogP contribution >= 0.6 is 0 Å². The van der Waals surface area contributed by atoms with Gasteiger partial charge in [0, 0.05) is 38.2 Å². The Bertz CT molecular complexity index is 1170. The van der Waals surface area contributed by atoms with Crippen molar-refractivity contribution in [3.63, 3.8) is 0 Å². The molecule has 8 nitrogen and oxygen atoms in total. The van der Waals surface area contributed by atoms with Gasteiger partial charge in [0.1, 0.15) is 23.6 Å². The number of nitrogens with zero attached hydrogens (tertiary/aromatic N) is 5. The predicted molar refractivity (Wildman–Crippen MR) is 108 cm³/mol. The molecule has 29 heavy (non-hydrogen) atoms. The Kier molecular flexibility index (Phi) is 4.82. The largest absolute Gasteiger partial charge is 0.504 e. The summed E-state index contributed by atoms with van der Waals surface area (Å²) in [6.07, 6.45) is 8.09. The normalized spacial score (nSPS) is 10.8. The maximum atomic E-state index is 11.8. The van der Waals surface area contributed by atoms with Crippen molar-refractivity contribution in [2.75, 3.05) is 14.1 Å². The van der Waals surface area contributed by atoms with Gasteiger partial charge in [-0.05, 0) is 23.8 Å². The van der Waals surface area contributed by atoms with E-state index in [4.69, 9.17) is 4.74 Å². The number of carbonyl (C=O) groups excluding carboxylic acids is 1. The lowest BCUT2D eigenvalue weighted by Gasteiger charge is -2.10. The summed E-state index contributed by atoms with van der Waals surface area (Å²) < 4.78 is 7.58. The number of pyridine rings is 2. The van der Waals surface area contributed by atoms with Gasteiger partial charge in [0.15, 0.2) is 5.75 Å². The summed E-state index contributed by atoms with van der Waals surface area (Å²) >= 11 is 0. The number of benzene rings is 1. The molecule has 0 fully saturated rings. The van der Waals surface area contributed by atoms with E-state index in [0.717, 1.165) is 11.1 Å². The number of ether oxygens (including phenoxy) is 1. The Morgan fingerprint density at radius 2 is 1.90 bits per heavy atom. The highest BCUT2D eigenvalue weighted by Gasteiger charge is 2.10. The molecule has 0 radical (unpaired) electrons. The lowest BCUT2D eigenvalue weighted by Crippen LogP contribution is -2.26. The zero-order valence-electron chi connectivity index (χ0n) is 16.0. The maximum Gasteiger partial charge on any atom is 0.243 e. The van der Waals surface area contributed by atoms with Gasteiger partial charge in [0.2, 0.25) is 5.91 Å². The fourth-order valence-electron chi connectivity index (χ4n) is 2.84. The molecule has 4 rings (SSSR count). The fourth-order valence-corrected chi connectivity index (χ4v) is 2.84. The smallest absolute Gasteiger partial charge is 0.243 e. The van der Waals surface area contributed by atoms with Crippen LogP contribution in [0.25, 0.3) is 22.0 Å². The van der Waals surface area contributed by atoms with E-state index < -0.39 is 0 Å². The van der Waals surface area contributed by atoms with Crippen molar-refractivity contribution in [2.24, 2.45) is 0 Å². The van der Waals surface area contributed by atoms with Crippen LogP contribution in [-0.2, 0) is 11.3 Å². The molecule has 0 aliphatic heterocycles. The molecule has 0 saturated carbocycles. The second-order valence-corrected chi connectivity index (χ2v) is 6.71. The van der Waals surface area contributed by atoms with E-state index in [0.29, 0.717) is 22.4 Å². The van der Waals surface area contributed by atoms with E-state index in [1.807, 2.05) is 30.5 Å². The van der Waals surface area contributed by atoms with Gasteiger partial charge in [-0.3, -0.25) is 19.4 Å². The van der Waals surface area contributed by atoms with Gasteiger partial charge in [-0.15, -0.1) is 0 Å². The van der Waals surface area contributed by atoms with Crippen LogP contribution in [0, 0.1) is 0 Å². The third-order valence-corrected chi connectivity index (χ3v) is 4.44. The van der Waals surface area contributed by atoms with Gasteiger partial charge in [-0.1, -0.05) is 12.1 Å². The van der Waals surface area contributed by atoms with E-state index in [-0.39, 0.29) is 18.2 Å². The zero-order chi connectivity index (χ0) is 20.4. The van der Waals surface area contributed by atoms with Gasteiger partial charge >= 0.3 is 0 Å². The lowest BCUT2D eigenvalue weighted by atomic mass is 10.1. The summed E-state index contributed by atoms with van der Waals surface area (Å²) in [5, 5.41) is 14.8. The highest BCUT2D eigenvalue weighted by molar-refractivity contribution is 5.88. The molecule has 3 heterocycles. The van der Waals surface area contributed by atoms with Gasteiger partial charge < -0.3 is 14.7 Å². The van der Waals surface area contributed by atoms with Crippen LogP contribution < -0.4 is 4.74 Å². The van der Waals surface area contributed by atoms with E-state index >= 15 is 0 Å². The van der Waals surface area contributed by atoms with E-state index in [2.05, 4.69) is 15.1 Å². The Hall–Kier alpha value is -3.94. The summed E-state index contributed by atoms with van der Waals surface area (Å²) in [7, 11) is 3.43. The van der Waals surface area contributed by atoms with Crippen LogP contribution in [-0.4, -0.2) is 49.8 Å². The molecule has 0 atom stereocenters. The minimum atomic E-state index is -0.0199. The number of likely N-dealkylation sites (N-methyl/N-ethyl adjacent to an activating group) is 1. The van der Waals surface area contributed by atoms with Crippen LogP contribution in [0.5, 0.6) is 17.2 Å². The van der Waals surface area contributed by atoms with E-state index in [1.165, 1.54) is 11.1 Å². The molecule has 0 spiro atoms. The van der Waals surface area contributed by atoms with Crippen molar-refractivity contribution in [3.05, 3.63) is 61.3 Å². The molecule has 8 heteroatoms. The molecular formula is C21H19N5O3. The third-order valence-electron chi connectivity index (χ3n) is 4.44. The molecule has 0 bridgehead atoms. The lowest BCUT2D eigenvalue weighted by molar-refractivity contribution is -0.129. The van der Waals surface area contributed by atoms with Crippen LogP contribution in [0.3, 0.4) is 0 Å². The number of fused-ring (bicyclic) bond motifs is 1. The van der Waals surface area contributed by atoms with Gasteiger partial charge in [0.05, 0.1) is 17.8 Å². The fraction of sp³-hybridized carbons (Fsp3) is 0.143. The Balaban J connectivity index is 1.53. The number of rotatable bonds is 5. The first kappa shape index (κ1) is 18.4. The molecule has 0 aliphatic rings. The van der Waals surface area contributed by atoms with Crippen LogP contribution in [0.4, 0.5) is 0 Å². The molecule has 4 aromatic rings. The molecule has 1 aromatic carbocycles. The summed E-state index contributed by atoms with van der Waals surface area (Å²) in [6, 6.07) is 9.26.